The third-order valence-electron chi connectivity index (χ3n) is 8.04. The molecule has 0 aromatic carbocycles. The maximum atomic E-state index is 13.0. The van der Waals surface area contributed by atoms with E-state index >= 15 is 0 Å². The van der Waals surface area contributed by atoms with Crippen LogP contribution in [0, 0.1) is 0 Å². The van der Waals surface area contributed by atoms with Gasteiger partial charge in [0.2, 0.25) is 11.8 Å². The molecule has 0 saturated carbocycles. The van der Waals surface area contributed by atoms with Crippen LogP contribution in [0.15, 0.2) is 0 Å². The summed E-state index contributed by atoms with van der Waals surface area (Å²) in [6.45, 7) is 4.91. The molecule has 270 valence electrons. The van der Waals surface area contributed by atoms with E-state index in [9.17, 15) is 29.1 Å². The van der Waals surface area contributed by atoms with Gasteiger partial charge in [-0.15, -0.1) is 0 Å². The van der Waals surface area contributed by atoms with Gasteiger partial charge in [0, 0.05) is 19.3 Å². The van der Waals surface area contributed by atoms with Crippen LogP contribution in [-0.4, -0.2) is 68.6 Å². The Morgan fingerprint density at radius 3 is 1.24 bits per heavy atom. The number of hydrogen-bond acceptors (Lipinski definition) is 7. The standard InChI is InChI=1S/C30H58N2O4.C5H9NO4/c1-3-5-7-9-11-13-15-17-19-24-28(33)32(27(30(35)36)23-21-22-26-31)29(34)25-20-18-16-14-12-10-8-6-4-2;6-3(5(9)10)1-2-4(7)8/h27H,3-26,31H2,1-2H3,(H,35,36);3H,1-2,6H2,(H,7,8)(H,9,10)/t27-;3-/m00/s1. The van der Waals surface area contributed by atoms with Crippen molar-refractivity contribution in [3.63, 3.8) is 0 Å². The van der Waals surface area contributed by atoms with E-state index in [1.807, 2.05) is 0 Å². The summed E-state index contributed by atoms with van der Waals surface area (Å²) in [7, 11) is 0. The summed E-state index contributed by atoms with van der Waals surface area (Å²) in [4.78, 5) is 59.1. The molecule has 0 aliphatic carbocycles. The molecule has 0 aliphatic rings. The Balaban J connectivity index is 0. The Hall–Kier alpha value is -2.53. The zero-order valence-corrected chi connectivity index (χ0v) is 29.0. The minimum Gasteiger partial charge on any atom is -0.481 e. The Kier molecular flexibility index (Phi) is 32.1. The fourth-order valence-electron chi connectivity index (χ4n) is 5.15. The van der Waals surface area contributed by atoms with Crippen LogP contribution in [0.3, 0.4) is 0 Å². The van der Waals surface area contributed by atoms with Gasteiger partial charge >= 0.3 is 17.9 Å². The Labute approximate surface area is 278 Å². The number of imide groups is 1. The van der Waals surface area contributed by atoms with Gasteiger partial charge < -0.3 is 26.8 Å². The van der Waals surface area contributed by atoms with Crippen LogP contribution in [-0.2, 0) is 24.0 Å². The van der Waals surface area contributed by atoms with Gasteiger partial charge in [-0.2, -0.15) is 0 Å². The van der Waals surface area contributed by atoms with E-state index in [1.165, 1.54) is 77.0 Å². The lowest BCUT2D eigenvalue weighted by Gasteiger charge is -2.27. The lowest BCUT2D eigenvalue weighted by Crippen LogP contribution is -2.48. The maximum absolute atomic E-state index is 13.0. The van der Waals surface area contributed by atoms with Crippen molar-refractivity contribution in [3.05, 3.63) is 0 Å². The molecule has 0 spiro atoms. The topological polar surface area (TPSA) is 201 Å². The first-order valence-corrected chi connectivity index (χ1v) is 18.0. The molecule has 0 aromatic rings. The third kappa shape index (κ3) is 27.8. The number of nitrogens with two attached hydrogens (primary N) is 2. The van der Waals surface area contributed by atoms with Gasteiger partial charge in [0.1, 0.15) is 12.1 Å². The molecule has 0 aliphatic heterocycles. The maximum Gasteiger partial charge on any atom is 0.326 e. The summed E-state index contributed by atoms with van der Waals surface area (Å²) >= 11 is 0. The molecule has 0 radical (unpaired) electrons. The molecule has 0 aromatic heterocycles. The molecular weight excluding hydrogens is 590 g/mol. The monoisotopic (exact) mass is 657 g/mol. The van der Waals surface area contributed by atoms with Gasteiger partial charge in [0.25, 0.3) is 0 Å². The fraction of sp³-hybridized carbons (Fsp3) is 0.857. The SMILES string of the molecule is CCCCCCCCCCCC(=O)N(C(=O)CCCCCCCCCCC)[C@@H](CCCCN)C(=O)O.N[C@@H](CCC(=O)O)C(=O)O. The average Bonchev–Trinajstić information content (AvgIpc) is 3.01. The van der Waals surface area contributed by atoms with Crippen molar-refractivity contribution < 1.29 is 39.3 Å². The van der Waals surface area contributed by atoms with E-state index < -0.39 is 30.0 Å². The van der Waals surface area contributed by atoms with E-state index in [1.54, 1.807) is 0 Å². The number of amides is 2. The van der Waals surface area contributed by atoms with E-state index in [0.717, 1.165) is 30.6 Å². The second-order valence-electron chi connectivity index (χ2n) is 12.3. The predicted molar refractivity (Wildman–Crippen MR) is 182 cm³/mol. The van der Waals surface area contributed by atoms with Crippen LogP contribution < -0.4 is 11.5 Å². The quantitative estimate of drug-likeness (QED) is 0.0499. The number of carbonyl (C=O) groups is 5. The summed E-state index contributed by atoms with van der Waals surface area (Å²) in [5.41, 5.74) is 10.6. The van der Waals surface area contributed by atoms with E-state index in [-0.39, 0.29) is 43.9 Å². The van der Waals surface area contributed by atoms with E-state index in [4.69, 9.17) is 21.7 Å². The lowest BCUT2D eigenvalue weighted by molar-refractivity contribution is -0.158. The highest BCUT2D eigenvalue weighted by atomic mass is 16.4. The molecule has 0 heterocycles. The Morgan fingerprint density at radius 1 is 0.522 bits per heavy atom. The normalized spacial score (nSPS) is 12.1. The van der Waals surface area contributed by atoms with Crippen molar-refractivity contribution in [2.45, 2.75) is 186 Å². The summed E-state index contributed by atoms with van der Waals surface area (Å²) in [6.07, 6.45) is 22.4. The summed E-state index contributed by atoms with van der Waals surface area (Å²) < 4.78 is 0. The Bertz CT molecular complexity index is 775. The molecule has 0 bridgehead atoms. The van der Waals surface area contributed by atoms with Crippen LogP contribution in [0.25, 0.3) is 0 Å². The van der Waals surface area contributed by atoms with Crippen LogP contribution in [0.5, 0.6) is 0 Å². The molecule has 46 heavy (non-hydrogen) atoms. The fourth-order valence-corrected chi connectivity index (χ4v) is 5.15. The van der Waals surface area contributed by atoms with Crippen molar-refractivity contribution >= 4 is 29.7 Å². The number of aliphatic carboxylic acids is 3. The first-order chi connectivity index (χ1) is 22.0. The molecule has 11 nitrogen and oxygen atoms in total. The first-order valence-electron chi connectivity index (χ1n) is 18.0. The molecule has 0 rings (SSSR count). The highest BCUT2D eigenvalue weighted by molar-refractivity contribution is 5.99. The number of rotatable bonds is 30. The highest BCUT2D eigenvalue weighted by Crippen LogP contribution is 2.18. The largest absolute Gasteiger partial charge is 0.481 e. The zero-order valence-electron chi connectivity index (χ0n) is 29.0. The van der Waals surface area contributed by atoms with Gasteiger partial charge in [-0.25, -0.2) is 4.79 Å². The number of nitrogens with zero attached hydrogens (tertiary/aromatic N) is 1. The molecule has 0 fully saturated rings. The van der Waals surface area contributed by atoms with E-state index in [0.29, 0.717) is 32.2 Å². The Morgan fingerprint density at radius 2 is 0.913 bits per heavy atom. The summed E-state index contributed by atoms with van der Waals surface area (Å²) in [5.74, 6) is -3.93. The summed E-state index contributed by atoms with van der Waals surface area (Å²) in [5, 5.41) is 26.1. The van der Waals surface area contributed by atoms with Crippen molar-refractivity contribution in [1.29, 1.82) is 0 Å². The number of carboxylic acids is 3. The van der Waals surface area contributed by atoms with Gasteiger partial charge in [-0.3, -0.25) is 24.1 Å². The number of carbonyl (C=O) groups excluding carboxylic acids is 2. The molecular formula is C35H67N3O8. The van der Waals surface area contributed by atoms with Crippen molar-refractivity contribution in [2.24, 2.45) is 11.5 Å². The second-order valence-corrected chi connectivity index (χ2v) is 12.3. The minimum atomic E-state index is -1.17. The molecule has 2 amide bonds. The molecule has 11 heteroatoms. The molecule has 0 unspecified atom stereocenters. The van der Waals surface area contributed by atoms with Gasteiger partial charge in [0.15, 0.2) is 0 Å². The molecule has 7 N–H and O–H groups in total. The number of hydrogen-bond donors (Lipinski definition) is 5. The van der Waals surface area contributed by atoms with Crippen molar-refractivity contribution in [3.8, 4) is 0 Å². The third-order valence-corrected chi connectivity index (χ3v) is 8.04. The van der Waals surface area contributed by atoms with Crippen LogP contribution in [0.4, 0.5) is 0 Å². The van der Waals surface area contributed by atoms with Crippen LogP contribution in [0.2, 0.25) is 0 Å². The van der Waals surface area contributed by atoms with Gasteiger partial charge in [-0.1, -0.05) is 117 Å². The smallest absolute Gasteiger partial charge is 0.326 e. The summed E-state index contributed by atoms with van der Waals surface area (Å²) in [6, 6.07) is -2.13. The zero-order chi connectivity index (χ0) is 35.0. The van der Waals surface area contributed by atoms with Crippen LogP contribution >= 0.6 is 0 Å². The highest BCUT2D eigenvalue weighted by Gasteiger charge is 2.33. The number of carboxylic acid groups (broad SMARTS) is 3. The van der Waals surface area contributed by atoms with E-state index in [2.05, 4.69) is 13.8 Å². The molecule has 0 saturated heterocycles. The van der Waals surface area contributed by atoms with Crippen molar-refractivity contribution in [2.75, 3.05) is 6.54 Å². The average molecular weight is 658 g/mol. The van der Waals surface area contributed by atoms with Gasteiger partial charge in [-0.05, 0) is 45.1 Å². The lowest BCUT2D eigenvalue weighted by atomic mass is 10.0. The minimum absolute atomic E-state index is 0.0231. The van der Waals surface area contributed by atoms with Gasteiger partial charge in [0.05, 0.1) is 0 Å². The van der Waals surface area contributed by atoms with Crippen molar-refractivity contribution in [1.82, 2.24) is 4.90 Å². The predicted octanol–water partition coefficient (Wildman–Crippen LogP) is 7.03. The first kappa shape index (κ1) is 45.6. The number of unbranched alkanes of at least 4 members (excludes halogenated alkanes) is 17. The van der Waals surface area contributed by atoms with Crippen LogP contribution in [0.1, 0.15) is 174 Å². The molecule has 2 atom stereocenters. The second kappa shape index (κ2) is 32.4.